The summed E-state index contributed by atoms with van der Waals surface area (Å²) in [5.41, 5.74) is 4.65. The number of imidazole rings is 1. The molecule has 0 saturated heterocycles. The van der Waals surface area contributed by atoms with Gasteiger partial charge in [-0.05, 0) is 19.4 Å². The first-order valence-electron chi connectivity index (χ1n) is 8.64. The Morgan fingerprint density at radius 3 is 2.54 bits per heavy atom. The topological polar surface area (TPSA) is 86.2 Å². The molecule has 1 aromatic carbocycles. The van der Waals surface area contributed by atoms with Crippen molar-refractivity contribution in [1.82, 2.24) is 18.7 Å². The molecule has 0 saturated carbocycles. The lowest BCUT2D eigenvalue weighted by Gasteiger charge is -2.07. The molecule has 0 amide bonds. The van der Waals surface area contributed by atoms with Gasteiger partial charge in [-0.2, -0.15) is 10.1 Å². The molecule has 146 valence electrons. The Bertz CT molecular complexity index is 1190. The minimum Gasteiger partial charge on any atom is -0.299 e. The summed E-state index contributed by atoms with van der Waals surface area (Å²) in [5, 5.41) is 4.80. The number of halogens is 1. The van der Waals surface area contributed by atoms with Crippen molar-refractivity contribution < 1.29 is 0 Å². The van der Waals surface area contributed by atoms with Gasteiger partial charge in [0, 0.05) is 25.7 Å². The molecule has 3 rings (SSSR count). The first-order valence-corrected chi connectivity index (χ1v) is 9.01. The van der Waals surface area contributed by atoms with E-state index in [1.54, 1.807) is 30.8 Å². The number of aryl methyl sites for hydroxylation is 2. The van der Waals surface area contributed by atoms with Gasteiger partial charge in [0.1, 0.15) is 0 Å². The van der Waals surface area contributed by atoms with Crippen LogP contribution in [0.1, 0.15) is 18.1 Å². The maximum absolute atomic E-state index is 12.7. The molecular formula is C19H21ClN6O2. The van der Waals surface area contributed by atoms with Gasteiger partial charge in [0.15, 0.2) is 11.2 Å². The quantitative estimate of drug-likeness (QED) is 0.526. The van der Waals surface area contributed by atoms with E-state index in [1.165, 1.54) is 11.6 Å². The van der Waals surface area contributed by atoms with Gasteiger partial charge in [0.05, 0.1) is 6.21 Å². The summed E-state index contributed by atoms with van der Waals surface area (Å²) in [6.07, 6.45) is 3.41. The zero-order valence-corrected chi connectivity index (χ0v) is 16.9. The summed E-state index contributed by atoms with van der Waals surface area (Å²) in [6.45, 7) is 4.07. The van der Waals surface area contributed by atoms with Crippen LogP contribution in [0, 0.1) is 6.92 Å². The molecule has 3 aromatic rings. The van der Waals surface area contributed by atoms with Crippen LogP contribution in [0.4, 0.5) is 5.95 Å². The third-order valence-corrected chi connectivity index (χ3v) is 4.51. The SMILES string of the molecule is C/C(Cl)=C/Cn1c(N/N=C\c2ccc(C)cc2)nc2c1c(=O)n(C)c(=O)n2C. The first-order chi connectivity index (χ1) is 13.3. The third-order valence-electron chi connectivity index (χ3n) is 4.36. The Labute approximate surface area is 166 Å². The molecule has 1 N–H and O–H groups in total. The maximum Gasteiger partial charge on any atom is 0.332 e. The van der Waals surface area contributed by atoms with Gasteiger partial charge in [-0.15, -0.1) is 0 Å². The number of anilines is 1. The van der Waals surface area contributed by atoms with Crippen LogP contribution < -0.4 is 16.7 Å². The van der Waals surface area contributed by atoms with Crippen molar-refractivity contribution in [3.05, 3.63) is 67.3 Å². The number of allylic oxidation sites excluding steroid dienone is 2. The number of nitrogens with one attached hydrogen (secondary N) is 1. The molecule has 2 aromatic heterocycles. The molecule has 0 aliphatic carbocycles. The van der Waals surface area contributed by atoms with Gasteiger partial charge < -0.3 is 0 Å². The molecule has 0 atom stereocenters. The number of aromatic nitrogens is 4. The van der Waals surface area contributed by atoms with Crippen LogP contribution in [-0.2, 0) is 20.6 Å². The van der Waals surface area contributed by atoms with E-state index in [2.05, 4.69) is 15.5 Å². The Morgan fingerprint density at radius 2 is 1.89 bits per heavy atom. The average Bonchev–Trinajstić information content (AvgIpc) is 3.03. The molecule has 0 radical (unpaired) electrons. The minimum absolute atomic E-state index is 0.279. The van der Waals surface area contributed by atoms with E-state index < -0.39 is 11.2 Å². The van der Waals surface area contributed by atoms with E-state index in [0.29, 0.717) is 23.0 Å². The van der Waals surface area contributed by atoms with Crippen LogP contribution in [0.2, 0.25) is 0 Å². The molecule has 0 unspecified atom stereocenters. The highest BCUT2D eigenvalue weighted by Crippen LogP contribution is 2.16. The van der Waals surface area contributed by atoms with Crippen molar-refractivity contribution in [3.63, 3.8) is 0 Å². The monoisotopic (exact) mass is 400 g/mol. The molecule has 28 heavy (non-hydrogen) atoms. The van der Waals surface area contributed by atoms with E-state index in [0.717, 1.165) is 15.7 Å². The fourth-order valence-electron chi connectivity index (χ4n) is 2.74. The highest BCUT2D eigenvalue weighted by atomic mass is 35.5. The molecule has 0 bridgehead atoms. The van der Waals surface area contributed by atoms with Crippen LogP contribution in [0.25, 0.3) is 11.2 Å². The zero-order valence-electron chi connectivity index (χ0n) is 16.1. The molecule has 2 heterocycles. The lowest BCUT2D eigenvalue weighted by Crippen LogP contribution is -2.37. The van der Waals surface area contributed by atoms with E-state index in [4.69, 9.17) is 11.6 Å². The summed E-state index contributed by atoms with van der Waals surface area (Å²) < 4.78 is 4.03. The molecule has 9 heteroatoms. The Balaban J connectivity index is 2.08. The number of hydrogen-bond donors (Lipinski definition) is 1. The zero-order chi connectivity index (χ0) is 20.4. The summed E-state index contributed by atoms with van der Waals surface area (Å²) in [6, 6.07) is 7.87. The maximum atomic E-state index is 12.7. The van der Waals surface area contributed by atoms with Gasteiger partial charge in [-0.1, -0.05) is 47.5 Å². The summed E-state index contributed by atoms with van der Waals surface area (Å²) in [7, 11) is 3.01. The standard InChI is InChI=1S/C19H21ClN6O2/c1-12-5-7-14(8-6-12)11-21-23-18-22-16-15(26(18)10-9-13(2)20)17(27)25(4)19(28)24(16)3/h5-9,11H,10H2,1-4H3,(H,22,23)/b13-9-,21-11-. The Kier molecular flexibility index (Phi) is 5.51. The normalized spacial score (nSPS) is 12.2. The van der Waals surface area contributed by atoms with E-state index in [9.17, 15) is 9.59 Å². The first kappa shape index (κ1) is 19.6. The van der Waals surface area contributed by atoms with Gasteiger partial charge in [-0.3, -0.25) is 18.5 Å². The molecule has 0 aliphatic heterocycles. The van der Waals surface area contributed by atoms with Crippen molar-refractivity contribution in [1.29, 1.82) is 0 Å². The van der Waals surface area contributed by atoms with Gasteiger partial charge in [0.2, 0.25) is 5.95 Å². The fraction of sp³-hybridized carbons (Fsp3) is 0.263. The highest BCUT2D eigenvalue weighted by molar-refractivity contribution is 6.29. The number of hydrogen-bond acceptors (Lipinski definition) is 5. The van der Waals surface area contributed by atoms with Crippen LogP contribution in [0.5, 0.6) is 0 Å². The predicted molar refractivity (Wildman–Crippen MR) is 112 cm³/mol. The van der Waals surface area contributed by atoms with Crippen molar-refractivity contribution in [2.45, 2.75) is 20.4 Å². The van der Waals surface area contributed by atoms with Gasteiger partial charge in [0.25, 0.3) is 5.56 Å². The Morgan fingerprint density at radius 1 is 1.21 bits per heavy atom. The molecule has 8 nitrogen and oxygen atoms in total. The van der Waals surface area contributed by atoms with Crippen LogP contribution in [-0.4, -0.2) is 24.9 Å². The molecular weight excluding hydrogens is 380 g/mol. The van der Waals surface area contributed by atoms with E-state index in [1.807, 2.05) is 31.2 Å². The molecule has 0 spiro atoms. The summed E-state index contributed by atoms with van der Waals surface area (Å²) in [5.74, 6) is 0.339. The largest absolute Gasteiger partial charge is 0.332 e. The van der Waals surface area contributed by atoms with Crippen LogP contribution in [0.3, 0.4) is 0 Å². The van der Waals surface area contributed by atoms with Crippen molar-refractivity contribution >= 4 is 34.9 Å². The lowest BCUT2D eigenvalue weighted by atomic mass is 10.2. The van der Waals surface area contributed by atoms with Crippen molar-refractivity contribution in [2.24, 2.45) is 19.2 Å². The van der Waals surface area contributed by atoms with Crippen molar-refractivity contribution in [2.75, 3.05) is 5.43 Å². The van der Waals surface area contributed by atoms with Gasteiger partial charge >= 0.3 is 5.69 Å². The van der Waals surface area contributed by atoms with Crippen LogP contribution >= 0.6 is 11.6 Å². The van der Waals surface area contributed by atoms with Crippen LogP contribution in [0.15, 0.2) is 50.1 Å². The van der Waals surface area contributed by atoms with E-state index >= 15 is 0 Å². The smallest absolute Gasteiger partial charge is 0.299 e. The second-order valence-electron chi connectivity index (χ2n) is 6.50. The summed E-state index contributed by atoms with van der Waals surface area (Å²) >= 11 is 5.96. The van der Waals surface area contributed by atoms with Gasteiger partial charge in [-0.25, -0.2) is 10.2 Å². The number of hydrazone groups is 1. The Hall–Kier alpha value is -3.13. The number of benzene rings is 1. The highest BCUT2D eigenvalue weighted by Gasteiger charge is 2.18. The lowest BCUT2D eigenvalue weighted by molar-refractivity contribution is 0.703. The number of fused-ring (bicyclic) bond motifs is 1. The molecule has 0 aliphatic rings. The summed E-state index contributed by atoms with van der Waals surface area (Å²) in [4.78, 5) is 29.3. The second kappa shape index (κ2) is 7.85. The molecule has 0 fully saturated rings. The minimum atomic E-state index is -0.444. The van der Waals surface area contributed by atoms with Crippen molar-refractivity contribution in [3.8, 4) is 0 Å². The second-order valence-corrected chi connectivity index (χ2v) is 7.09. The third kappa shape index (κ3) is 3.77. The predicted octanol–water partition coefficient (Wildman–Crippen LogP) is 2.33. The fourth-order valence-corrected chi connectivity index (χ4v) is 2.81. The number of rotatable bonds is 5. The van der Waals surface area contributed by atoms with E-state index in [-0.39, 0.29) is 5.65 Å². The number of nitrogens with zero attached hydrogens (tertiary/aromatic N) is 5. The average molecular weight is 401 g/mol.